The Kier molecular flexibility index (Phi) is 6.13. The summed E-state index contributed by atoms with van der Waals surface area (Å²) in [5.74, 6) is -0.368. The summed E-state index contributed by atoms with van der Waals surface area (Å²) >= 11 is 0. The van der Waals surface area contributed by atoms with Crippen molar-refractivity contribution in [2.45, 2.75) is 6.92 Å². The molecule has 0 aliphatic heterocycles. The molecule has 2 N–H and O–H groups in total. The maximum absolute atomic E-state index is 12.8. The SMILES string of the molecule is Cc1c(NC(=O)CNC(=O)COc2ccccc2)c(=O)n(-c2ccccc2)n1C. The van der Waals surface area contributed by atoms with Gasteiger partial charge in [-0.05, 0) is 31.2 Å². The Morgan fingerprint density at radius 2 is 1.59 bits per heavy atom. The van der Waals surface area contributed by atoms with Gasteiger partial charge in [-0.1, -0.05) is 36.4 Å². The van der Waals surface area contributed by atoms with Crippen molar-refractivity contribution in [3.8, 4) is 11.4 Å². The van der Waals surface area contributed by atoms with Crippen LogP contribution in [0.2, 0.25) is 0 Å². The molecule has 0 aliphatic rings. The second kappa shape index (κ2) is 8.92. The predicted molar refractivity (Wildman–Crippen MR) is 109 cm³/mol. The van der Waals surface area contributed by atoms with Crippen molar-refractivity contribution in [3.63, 3.8) is 0 Å². The first-order valence-corrected chi connectivity index (χ1v) is 9.06. The Bertz CT molecular complexity index is 1060. The Morgan fingerprint density at radius 3 is 2.24 bits per heavy atom. The second-order valence-corrected chi connectivity index (χ2v) is 6.36. The van der Waals surface area contributed by atoms with Gasteiger partial charge in [0.1, 0.15) is 11.4 Å². The maximum Gasteiger partial charge on any atom is 0.295 e. The molecule has 0 unspecified atom stereocenters. The summed E-state index contributed by atoms with van der Waals surface area (Å²) in [4.78, 5) is 36.9. The minimum absolute atomic E-state index is 0.177. The van der Waals surface area contributed by atoms with Crippen LogP contribution in [0.15, 0.2) is 65.5 Å². The zero-order valence-electron chi connectivity index (χ0n) is 16.2. The Morgan fingerprint density at radius 1 is 0.966 bits per heavy atom. The first kappa shape index (κ1) is 19.9. The third-order valence-electron chi connectivity index (χ3n) is 4.38. The van der Waals surface area contributed by atoms with Crippen molar-refractivity contribution in [1.82, 2.24) is 14.7 Å². The Hall–Kier alpha value is -3.81. The summed E-state index contributed by atoms with van der Waals surface area (Å²) < 4.78 is 8.46. The first-order chi connectivity index (χ1) is 14.0. The van der Waals surface area contributed by atoms with Crippen molar-refractivity contribution >= 4 is 17.5 Å². The van der Waals surface area contributed by atoms with Gasteiger partial charge < -0.3 is 15.4 Å². The zero-order valence-corrected chi connectivity index (χ0v) is 16.2. The van der Waals surface area contributed by atoms with Gasteiger partial charge in [0.05, 0.1) is 17.9 Å². The number of carbonyl (C=O) groups is 2. The summed E-state index contributed by atoms with van der Waals surface area (Å²) in [5, 5.41) is 5.06. The maximum atomic E-state index is 12.8. The predicted octanol–water partition coefficient (Wildman–Crippen LogP) is 1.62. The molecule has 0 atom stereocenters. The van der Waals surface area contributed by atoms with E-state index in [0.717, 1.165) is 0 Å². The van der Waals surface area contributed by atoms with Gasteiger partial charge >= 0.3 is 0 Å². The summed E-state index contributed by atoms with van der Waals surface area (Å²) in [5.41, 5.74) is 1.13. The number of para-hydroxylation sites is 2. The van der Waals surface area contributed by atoms with Crippen molar-refractivity contribution in [1.29, 1.82) is 0 Å². The van der Waals surface area contributed by atoms with E-state index in [-0.39, 0.29) is 24.4 Å². The largest absolute Gasteiger partial charge is 0.484 e. The van der Waals surface area contributed by atoms with Gasteiger partial charge in [-0.3, -0.25) is 19.1 Å². The highest BCUT2D eigenvalue weighted by molar-refractivity contribution is 5.95. The van der Waals surface area contributed by atoms with Gasteiger partial charge in [0.15, 0.2) is 6.61 Å². The van der Waals surface area contributed by atoms with Crippen molar-refractivity contribution < 1.29 is 14.3 Å². The van der Waals surface area contributed by atoms with Crippen LogP contribution >= 0.6 is 0 Å². The average Bonchev–Trinajstić information content (AvgIpc) is 2.95. The number of hydrogen-bond acceptors (Lipinski definition) is 4. The molecule has 3 aromatic rings. The van der Waals surface area contributed by atoms with Gasteiger partial charge in [-0.2, -0.15) is 0 Å². The van der Waals surface area contributed by atoms with Crippen LogP contribution in [-0.2, 0) is 16.6 Å². The molecule has 8 heteroatoms. The summed E-state index contributed by atoms with van der Waals surface area (Å²) in [6, 6.07) is 18.0. The molecule has 8 nitrogen and oxygen atoms in total. The molecule has 150 valence electrons. The molecule has 0 saturated carbocycles. The van der Waals surface area contributed by atoms with E-state index in [9.17, 15) is 14.4 Å². The van der Waals surface area contributed by atoms with Crippen molar-refractivity contribution in [3.05, 3.63) is 76.7 Å². The van der Waals surface area contributed by atoms with Gasteiger partial charge in [0, 0.05) is 7.05 Å². The lowest BCUT2D eigenvalue weighted by Gasteiger charge is -2.08. The smallest absolute Gasteiger partial charge is 0.295 e. The lowest BCUT2D eigenvalue weighted by atomic mass is 10.3. The molecule has 3 rings (SSSR count). The number of rotatable bonds is 7. The van der Waals surface area contributed by atoms with E-state index < -0.39 is 11.8 Å². The highest BCUT2D eigenvalue weighted by atomic mass is 16.5. The third kappa shape index (κ3) is 4.73. The lowest BCUT2D eigenvalue weighted by molar-refractivity contribution is -0.125. The zero-order chi connectivity index (χ0) is 20.8. The molecular formula is C21H22N4O4. The van der Waals surface area contributed by atoms with Crippen LogP contribution in [-0.4, -0.2) is 34.3 Å². The number of ether oxygens (including phenoxy) is 1. The van der Waals surface area contributed by atoms with E-state index >= 15 is 0 Å². The third-order valence-corrected chi connectivity index (χ3v) is 4.38. The van der Waals surface area contributed by atoms with E-state index in [1.807, 2.05) is 24.3 Å². The minimum atomic E-state index is -0.496. The molecule has 29 heavy (non-hydrogen) atoms. The number of amides is 2. The monoisotopic (exact) mass is 394 g/mol. The van der Waals surface area contributed by atoms with Crippen molar-refractivity contribution in [2.75, 3.05) is 18.5 Å². The van der Waals surface area contributed by atoms with Gasteiger partial charge in [-0.25, -0.2) is 4.68 Å². The van der Waals surface area contributed by atoms with E-state index in [1.165, 1.54) is 4.68 Å². The highest BCUT2D eigenvalue weighted by Crippen LogP contribution is 2.13. The van der Waals surface area contributed by atoms with Crippen LogP contribution < -0.4 is 20.9 Å². The minimum Gasteiger partial charge on any atom is -0.484 e. The Labute approximate surface area is 167 Å². The van der Waals surface area contributed by atoms with Crippen LogP contribution in [0.4, 0.5) is 5.69 Å². The molecule has 0 spiro atoms. The standard InChI is InChI=1S/C21H22N4O4/c1-15-20(21(28)25(24(15)2)16-9-5-3-6-10-16)23-18(26)13-22-19(27)14-29-17-11-7-4-8-12-17/h3-12H,13-14H2,1-2H3,(H,22,27)(H,23,26). The molecule has 0 radical (unpaired) electrons. The van der Waals surface area contributed by atoms with E-state index in [1.54, 1.807) is 55.1 Å². The number of anilines is 1. The molecule has 2 amide bonds. The normalized spacial score (nSPS) is 10.4. The van der Waals surface area contributed by atoms with Crippen LogP contribution in [0.5, 0.6) is 5.75 Å². The quantitative estimate of drug-likeness (QED) is 0.637. The molecule has 1 aromatic heterocycles. The van der Waals surface area contributed by atoms with Gasteiger partial charge in [0.25, 0.3) is 11.5 Å². The van der Waals surface area contributed by atoms with Crippen molar-refractivity contribution in [2.24, 2.45) is 7.05 Å². The summed E-state index contributed by atoms with van der Waals surface area (Å²) in [6.45, 7) is 1.27. The molecule has 1 heterocycles. The molecule has 0 fully saturated rings. The topological polar surface area (TPSA) is 94.4 Å². The molecule has 0 aliphatic carbocycles. The molecule has 0 bridgehead atoms. The van der Waals surface area contributed by atoms with Crippen LogP contribution in [0, 0.1) is 6.92 Å². The molecule has 0 saturated heterocycles. The number of carbonyl (C=O) groups excluding carboxylic acids is 2. The van der Waals surface area contributed by atoms with E-state index in [4.69, 9.17) is 4.74 Å². The second-order valence-electron chi connectivity index (χ2n) is 6.36. The molecular weight excluding hydrogens is 372 g/mol. The van der Waals surface area contributed by atoms with E-state index in [2.05, 4.69) is 10.6 Å². The fourth-order valence-corrected chi connectivity index (χ4v) is 2.79. The Balaban J connectivity index is 1.60. The fourth-order valence-electron chi connectivity index (χ4n) is 2.79. The number of hydrogen-bond donors (Lipinski definition) is 2. The van der Waals surface area contributed by atoms with Gasteiger partial charge in [0.2, 0.25) is 5.91 Å². The highest BCUT2D eigenvalue weighted by Gasteiger charge is 2.18. The number of nitrogens with zero attached hydrogens (tertiary/aromatic N) is 2. The molecule has 2 aromatic carbocycles. The fraction of sp³-hybridized carbons (Fsp3) is 0.190. The van der Waals surface area contributed by atoms with Crippen LogP contribution in [0.25, 0.3) is 5.69 Å². The number of aromatic nitrogens is 2. The summed E-state index contributed by atoms with van der Waals surface area (Å²) in [7, 11) is 1.74. The lowest BCUT2D eigenvalue weighted by Crippen LogP contribution is -2.36. The van der Waals surface area contributed by atoms with Crippen LogP contribution in [0.1, 0.15) is 5.69 Å². The van der Waals surface area contributed by atoms with Gasteiger partial charge in [-0.15, -0.1) is 0 Å². The summed E-state index contributed by atoms with van der Waals surface area (Å²) in [6.07, 6.45) is 0. The number of benzene rings is 2. The van der Waals surface area contributed by atoms with E-state index in [0.29, 0.717) is 17.1 Å². The first-order valence-electron chi connectivity index (χ1n) is 9.06. The van der Waals surface area contributed by atoms with Crippen LogP contribution in [0.3, 0.4) is 0 Å². The average molecular weight is 394 g/mol. The number of nitrogens with one attached hydrogen (secondary N) is 2.